The molecule has 0 amide bonds. The summed E-state index contributed by atoms with van der Waals surface area (Å²) in [6.07, 6.45) is 0.0418. The fourth-order valence-corrected chi connectivity index (χ4v) is 2.33. The quantitative estimate of drug-likeness (QED) is 0.874. The Morgan fingerprint density at radius 1 is 1.11 bits per heavy atom. The van der Waals surface area contributed by atoms with Crippen molar-refractivity contribution in [3.63, 3.8) is 0 Å². The molecule has 1 N–H and O–H groups in total. The minimum Gasteiger partial charge on any atom is -0.382 e. The van der Waals surface area contributed by atoms with Gasteiger partial charge in [0.15, 0.2) is 0 Å². The van der Waals surface area contributed by atoms with Crippen LogP contribution in [0.2, 0.25) is 5.02 Å². The van der Waals surface area contributed by atoms with Crippen molar-refractivity contribution in [1.29, 1.82) is 0 Å². The number of aliphatic hydroxyl groups excluding tert-OH is 1. The normalized spacial score (nSPS) is 15.1. The summed E-state index contributed by atoms with van der Waals surface area (Å²) in [7, 11) is 0. The van der Waals surface area contributed by atoms with E-state index < -0.39 is 6.10 Å². The number of aliphatic hydroxyl groups is 1. The molecule has 0 saturated carbocycles. The Morgan fingerprint density at radius 2 is 1.89 bits per heavy atom. The van der Waals surface area contributed by atoms with Gasteiger partial charge in [0.2, 0.25) is 0 Å². The second-order valence-electron chi connectivity index (χ2n) is 4.37. The number of hydrogen-bond acceptors (Lipinski definition) is 2. The van der Waals surface area contributed by atoms with Gasteiger partial charge in [0, 0.05) is 11.4 Å². The van der Waals surface area contributed by atoms with Gasteiger partial charge in [0.25, 0.3) is 0 Å². The standard InChI is InChI=1S/C15H12ClNO/c16-12-7-6-11-8-14(17-13(11)9-12)15(18)10-4-2-1-3-5-10/h1-7,9,15,18H,8H2. The number of benzene rings is 2. The summed E-state index contributed by atoms with van der Waals surface area (Å²) in [6, 6.07) is 15.2. The van der Waals surface area contributed by atoms with Gasteiger partial charge in [-0.15, -0.1) is 0 Å². The van der Waals surface area contributed by atoms with E-state index >= 15 is 0 Å². The maximum atomic E-state index is 10.3. The first-order valence-corrected chi connectivity index (χ1v) is 6.21. The van der Waals surface area contributed by atoms with Crippen molar-refractivity contribution in [3.8, 4) is 0 Å². The largest absolute Gasteiger partial charge is 0.382 e. The molecule has 1 unspecified atom stereocenters. The maximum Gasteiger partial charge on any atom is 0.117 e. The van der Waals surface area contributed by atoms with Crippen molar-refractivity contribution in [1.82, 2.24) is 0 Å². The third-order valence-electron chi connectivity index (χ3n) is 3.11. The van der Waals surface area contributed by atoms with E-state index in [9.17, 15) is 5.11 Å². The van der Waals surface area contributed by atoms with E-state index in [1.165, 1.54) is 0 Å². The van der Waals surface area contributed by atoms with Crippen molar-refractivity contribution in [2.45, 2.75) is 12.5 Å². The highest BCUT2D eigenvalue weighted by atomic mass is 35.5. The van der Waals surface area contributed by atoms with Crippen LogP contribution in [-0.4, -0.2) is 10.8 Å². The highest BCUT2D eigenvalue weighted by Crippen LogP contribution is 2.33. The van der Waals surface area contributed by atoms with Crippen molar-refractivity contribution in [3.05, 3.63) is 64.7 Å². The summed E-state index contributed by atoms with van der Waals surface area (Å²) in [4.78, 5) is 4.47. The van der Waals surface area contributed by atoms with E-state index in [2.05, 4.69) is 4.99 Å². The molecule has 0 spiro atoms. The SMILES string of the molecule is OC(C1=Nc2cc(Cl)ccc2C1)c1ccccc1. The molecule has 18 heavy (non-hydrogen) atoms. The van der Waals surface area contributed by atoms with Crippen LogP contribution in [0.25, 0.3) is 0 Å². The lowest BCUT2D eigenvalue weighted by Gasteiger charge is -2.10. The Balaban J connectivity index is 1.91. The topological polar surface area (TPSA) is 32.6 Å². The Morgan fingerprint density at radius 3 is 2.67 bits per heavy atom. The summed E-state index contributed by atoms with van der Waals surface area (Å²) in [5.41, 5.74) is 3.63. The van der Waals surface area contributed by atoms with Crippen molar-refractivity contribution in [2.24, 2.45) is 4.99 Å². The first-order chi connectivity index (χ1) is 8.74. The summed E-state index contributed by atoms with van der Waals surface area (Å²) in [5, 5.41) is 11.0. The summed E-state index contributed by atoms with van der Waals surface area (Å²) >= 11 is 5.94. The third kappa shape index (κ3) is 2.05. The van der Waals surface area contributed by atoms with Crippen molar-refractivity contribution in [2.75, 3.05) is 0 Å². The molecule has 1 aliphatic heterocycles. The van der Waals surface area contributed by atoms with Crippen LogP contribution in [0.3, 0.4) is 0 Å². The Bertz CT molecular complexity index is 607. The number of aliphatic imine (C=N–C) groups is 1. The minimum absolute atomic E-state index is 0.641. The average molecular weight is 258 g/mol. The fraction of sp³-hybridized carbons (Fsp3) is 0.133. The Labute approximate surface area is 111 Å². The van der Waals surface area contributed by atoms with Gasteiger partial charge in [-0.05, 0) is 23.3 Å². The first-order valence-electron chi connectivity index (χ1n) is 5.83. The van der Waals surface area contributed by atoms with E-state index in [1.54, 1.807) is 0 Å². The molecule has 3 heteroatoms. The van der Waals surface area contributed by atoms with Gasteiger partial charge in [-0.1, -0.05) is 48.0 Å². The molecule has 0 saturated heterocycles. The molecule has 90 valence electrons. The summed E-state index contributed by atoms with van der Waals surface area (Å²) < 4.78 is 0. The van der Waals surface area contributed by atoms with E-state index in [0.29, 0.717) is 11.4 Å². The summed E-state index contributed by atoms with van der Waals surface area (Å²) in [5.74, 6) is 0. The smallest absolute Gasteiger partial charge is 0.117 e. The molecule has 0 radical (unpaired) electrons. The predicted octanol–water partition coefficient (Wildman–Crippen LogP) is 3.70. The zero-order chi connectivity index (χ0) is 12.5. The van der Waals surface area contributed by atoms with Crippen LogP contribution in [0.5, 0.6) is 0 Å². The van der Waals surface area contributed by atoms with E-state index in [0.717, 1.165) is 22.5 Å². The molecule has 0 bridgehead atoms. The van der Waals surface area contributed by atoms with Crippen molar-refractivity contribution >= 4 is 23.0 Å². The Hall–Kier alpha value is -1.64. The lowest BCUT2D eigenvalue weighted by molar-refractivity contribution is 0.246. The number of nitrogens with zero attached hydrogens (tertiary/aromatic N) is 1. The molecular weight excluding hydrogens is 246 g/mol. The van der Waals surface area contributed by atoms with Crippen LogP contribution in [0.15, 0.2) is 53.5 Å². The van der Waals surface area contributed by atoms with E-state index in [1.807, 2.05) is 48.5 Å². The molecule has 0 aromatic heterocycles. The van der Waals surface area contributed by atoms with Gasteiger partial charge < -0.3 is 5.11 Å². The second-order valence-corrected chi connectivity index (χ2v) is 4.80. The van der Waals surface area contributed by atoms with Crippen LogP contribution in [-0.2, 0) is 6.42 Å². The zero-order valence-electron chi connectivity index (χ0n) is 9.68. The van der Waals surface area contributed by atoms with Crippen LogP contribution in [0, 0.1) is 0 Å². The van der Waals surface area contributed by atoms with Gasteiger partial charge in [-0.25, -0.2) is 0 Å². The van der Waals surface area contributed by atoms with Gasteiger partial charge in [-0.3, -0.25) is 4.99 Å². The monoisotopic (exact) mass is 257 g/mol. The van der Waals surface area contributed by atoms with Crippen molar-refractivity contribution < 1.29 is 5.11 Å². The molecule has 0 fully saturated rings. The zero-order valence-corrected chi connectivity index (χ0v) is 10.4. The minimum atomic E-state index is -0.641. The highest BCUT2D eigenvalue weighted by Gasteiger charge is 2.22. The van der Waals surface area contributed by atoms with E-state index in [4.69, 9.17) is 11.6 Å². The van der Waals surface area contributed by atoms with Crippen LogP contribution < -0.4 is 0 Å². The second kappa shape index (κ2) is 4.56. The Kier molecular flexibility index (Phi) is 2.90. The first kappa shape index (κ1) is 11.5. The molecule has 2 aromatic carbocycles. The van der Waals surface area contributed by atoms with Gasteiger partial charge in [0.1, 0.15) is 6.10 Å². The third-order valence-corrected chi connectivity index (χ3v) is 3.35. The molecule has 1 aliphatic rings. The molecular formula is C15H12ClNO. The maximum absolute atomic E-state index is 10.3. The average Bonchev–Trinajstić information content (AvgIpc) is 2.81. The molecule has 2 aromatic rings. The number of fused-ring (bicyclic) bond motifs is 1. The highest BCUT2D eigenvalue weighted by molar-refractivity contribution is 6.31. The summed E-state index contributed by atoms with van der Waals surface area (Å²) in [6.45, 7) is 0. The molecule has 1 atom stereocenters. The van der Waals surface area contributed by atoms with Crippen LogP contribution in [0.1, 0.15) is 17.2 Å². The van der Waals surface area contributed by atoms with Crippen LogP contribution >= 0.6 is 11.6 Å². The lowest BCUT2D eigenvalue weighted by Crippen LogP contribution is -2.11. The molecule has 0 aliphatic carbocycles. The number of halogens is 1. The van der Waals surface area contributed by atoms with E-state index in [-0.39, 0.29) is 0 Å². The molecule has 2 nitrogen and oxygen atoms in total. The number of rotatable bonds is 2. The predicted molar refractivity (Wildman–Crippen MR) is 73.7 cm³/mol. The van der Waals surface area contributed by atoms with Gasteiger partial charge in [-0.2, -0.15) is 0 Å². The fourth-order valence-electron chi connectivity index (χ4n) is 2.17. The van der Waals surface area contributed by atoms with Crippen LogP contribution in [0.4, 0.5) is 5.69 Å². The number of hydrogen-bond donors (Lipinski definition) is 1. The lowest BCUT2D eigenvalue weighted by atomic mass is 10.0. The molecule has 3 rings (SSSR count). The van der Waals surface area contributed by atoms with Gasteiger partial charge in [0.05, 0.1) is 11.4 Å². The van der Waals surface area contributed by atoms with Gasteiger partial charge >= 0.3 is 0 Å². The molecule has 1 heterocycles.